The van der Waals surface area contributed by atoms with Crippen LogP contribution in [-0.4, -0.2) is 18.1 Å². The van der Waals surface area contributed by atoms with Crippen molar-refractivity contribution >= 4 is 49.4 Å². The number of hydrogen-bond donors (Lipinski definition) is 0. The highest BCUT2D eigenvalue weighted by Gasteiger charge is 2.19. The van der Waals surface area contributed by atoms with Crippen molar-refractivity contribution < 1.29 is 4.42 Å². The molecule has 34 heavy (non-hydrogen) atoms. The number of benzene rings is 2. The first-order chi connectivity index (χ1) is 16.6. The van der Waals surface area contributed by atoms with Gasteiger partial charge in [-0.2, -0.15) is 5.26 Å². The second kappa shape index (κ2) is 9.28. The number of nitrogens with zero attached hydrogens (tertiary/aromatic N) is 3. The highest BCUT2D eigenvalue weighted by atomic mass is 32.1. The molecule has 5 rings (SSSR count). The van der Waals surface area contributed by atoms with E-state index in [1.165, 1.54) is 11.3 Å². The van der Waals surface area contributed by atoms with Gasteiger partial charge in [-0.15, -0.1) is 11.3 Å². The van der Waals surface area contributed by atoms with Crippen LogP contribution in [0, 0.1) is 11.3 Å². The number of nitriles is 1. The van der Waals surface area contributed by atoms with Crippen molar-refractivity contribution in [3.63, 3.8) is 0 Å². The quantitative estimate of drug-likeness (QED) is 0.239. The van der Waals surface area contributed by atoms with Crippen molar-refractivity contribution in [1.82, 2.24) is 4.98 Å². The maximum absolute atomic E-state index is 13.0. The molecule has 1 aliphatic rings. The molecular formula is C28H25N3O2S. The van der Waals surface area contributed by atoms with E-state index in [-0.39, 0.29) is 5.63 Å². The van der Waals surface area contributed by atoms with E-state index in [4.69, 9.17) is 4.42 Å². The highest BCUT2D eigenvalue weighted by molar-refractivity contribution is 7.19. The molecule has 6 heteroatoms. The monoisotopic (exact) mass is 467 g/mol. The zero-order valence-electron chi connectivity index (χ0n) is 19.3. The molecule has 0 amide bonds. The molecule has 1 aliphatic carbocycles. The molecule has 0 N–H and O–H groups in total. The molecule has 2 heterocycles. The van der Waals surface area contributed by atoms with Gasteiger partial charge in [-0.3, -0.25) is 0 Å². The Bertz CT molecular complexity index is 1510. The lowest BCUT2D eigenvalue weighted by Gasteiger charge is -2.21. The van der Waals surface area contributed by atoms with Crippen LogP contribution in [-0.2, 0) is 0 Å². The van der Waals surface area contributed by atoms with Crippen molar-refractivity contribution in [3.05, 3.63) is 81.2 Å². The van der Waals surface area contributed by atoms with Gasteiger partial charge in [0, 0.05) is 30.2 Å². The summed E-state index contributed by atoms with van der Waals surface area (Å²) in [5, 5.41) is 11.6. The third-order valence-corrected chi connectivity index (χ3v) is 7.43. The Morgan fingerprint density at radius 2 is 1.97 bits per heavy atom. The largest absolute Gasteiger partial charge is 0.422 e. The minimum atomic E-state index is -0.338. The number of allylic oxidation sites excluding steroid dienone is 4. The van der Waals surface area contributed by atoms with Crippen molar-refractivity contribution in [2.45, 2.75) is 33.1 Å². The van der Waals surface area contributed by atoms with Crippen LogP contribution in [0.1, 0.15) is 43.7 Å². The fourth-order valence-electron chi connectivity index (χ4n) is 4.58. The molecule has 0 atom stereocenters. The van der Waals surface area contributed by atoms with Gasteiger partial charge in [-0.25, -0.2) is 9.78 Å². The van der Waals surface area contributed by atoms with Crippen LogP contribution in [0.4, 0.5) is 5.69 Å². The van der Waals surface area contributed by atoms with Crippen LogP contribution in [0.3, 0.4) is 0 Å². The fraction of sp³-hybridized carbons (Fsp3) is 0.250. The minimum absolute atomic E-state index is 0.338. The molecule has 0 radical (unpaired) electrons. The van der Waals surface area contributed by atoms with Gasteiger partial charge in [-0.05, 0) is 74.6 Å². The standard InChI is InChI=1S/C28H25N3O2S/c1-3-31(4-2)21-13-12-20-15-22(28(32)33-25(20)16-21)18-8-7-9-19(14-18)23(17-29)27-30-24-10-5-6-11-26(24)34-27/h5-6,10-16H,3-4,7-9H2,1-2H3/b23-19+. The average Bonchev–Trinajstić information content (AvgIpc) is 3.29. The van der Waals surface area contributed by atoms with E-state index in [0.29, 0.717) is 16.7 Å². The van der Waals surface area contributed by atoms with Gasteiger partial charge < -0.3 is 9.32 Å². The molecule has 0 aliphatic heterocycles. The van der Waals surface area contributed by atoms with Crippen LogP contribution in [0.2, 0.25) is 0 Å². The predicted molar refractivity (Wildman–Crippen MR) is 140 cm³/mol. The van der Waals surface area contributed by atoms with Crippen LogP contribution < -0.4 is 10.5 Å². The summed E-state index contributed by atoms with van der Waals surface area (Å²) in [6, 6.07) is 18.2. The summed E-state index contributed by atoms with van der Waals surface area (Å²) in [6.45, 7) is 6.00. The first-order valence-corrected chi connectivity index (χ1v) is 12.5. The second-order valence-corrected chi connectivity index (χ2v) is 9.39. The third-order valence-electron chi connectivity index (χ3n) is 6.38. The number of fused-ring (bicyclic) bond motifs is 2. The number of anilines is 1. The van der Waals surface area contributed by atoms with Gasteiger partial charge in [0.2, 0.25) is 0 Å². The Morgan fingerprint density at radius 1 is 1.15 bits per heavy atom. The van der Waals surface area contributed by atoms with E-state index in [9.17, 15) is 10.1 Å². The van der Waals surface area contributed by atoms with Gasteiger partial charge >= 0.3 is 5.63 Å². The predicted octanol–water partition coefficient (Wildman–Crippen LogP) is 6.79. The van der Waals surface area contributed by atoms with E-state index in [0.717, 1.165) is 69.8 Å². The van der Waals surface area contributed by atoms with E-state index < -0.39 is 0 Å². The SMILES string of the molecule is CCN(CC)c1ccc2cc(C3=C/C(=C(\C#N)c4nc5ccccc5s4)CCC3)c(=O)oc2c1. The van der Waals surface area contributed by atoms with E-state index >= 15 is 0 Å². The minimum Gasteiger partial charge on any atom is -0.422 e. The Kier molecular flexibility index (Phi) is 6.04. The van der Waals surface area contributed by atoms with Crippen LogP contribution >= 0.6 is 11.3 Å². The molecule has 0 spiro atoms. The van der Waals surface area contributed by atoms with Gasteiger partial charge in [0.15, 0.2) is 0 Å². The Hall–Kier alpha value is -3.69. The molecule has 0 saturated heterocycles. The van der Waals surface area contributed by atoms with E-state index in [1.54, 1.807) is 0 Å². The highest BCUT2D eigenvalue weighted by Crippen LogP contribution is 2.36. The molecule has 2 aromatic heterocycles. The molecule has 0 fully saturated rings. The first-order valence-electron chi connectivity index (χ1n) is 11.6. The van der Waals surface area contributed by atoms with Crippen molar-refractivity contribution in [3.8, 4) is 6.07 Å². The lowest BCUT2D eigenvalue weighted by molar-refractivity contribution is 0.557. The number of hydrogen-bond acceptors (Lipinski definition) is 6. The normalized spacial score (nSPS) is 15.3. The van der Waals surface area contributed by atoms with Gasteiger partial charge in [0.25, 0.3) is 0 Å². The lowest BCUT2D eigenvalue weighted by Crippen LogP contribution is -2.21. The van der Waals surface area contributed by atoms with Gasteiger partial charge in [0.1, 0.15) is 16.7 Å². The van der Waals surface area contributed by atoms with Crippen molar-refractivity contribution in [1.29, 1.82) is 5.26 Å². The Labute approximate surface area is 202 Å². The van der Waals surface area contributed by atoms with Crippen LogP contribution in [0.25, 0.3) is 32.3 Å². The summed E-state index contributed by atoms with van der Waals surface area (Å²) >= 11 is 1.53. The Morgan fingerprint density at radius 3 is 2.74 bits per heavy atom. The summed E-state index contributed by atoms with van der Waals surface area (Å²) in [7, 11) is 0. The summed E-state index contributed by atoms with van der Waals surface area (Å²) in [5.74, 6) is 0. The van der Waals surface area contributed by atoms with Crippen molar-refractivity contribution in [2.24, 2.45) is 0 Å². The fourth-order valence-corrected chi connectivity index (χ4v) is 5.57. The second-order valence-electron chi connectivity index (χ2n) is 8.36. The third kappa shape index (κ3) is 4.04. The smallest absolute Gasteiger partial charge is 0.343 e. The zero-order chi connectivity index (χ0) is 23.7. The van der Waals surface area contributed by atoms with Gasteiger partial charge in [0.05, 0.1) is 21.4 Å². The summed E-state index contributed by atoms with van der Waals surface area (Å²) in [4.78, 5) is 19.9. The maximum Gasteiger partial charge on any atom is 0.343 e. The summed E-state index contributed by atoms with van der Waals surface area (Å²) < 4.78 is 6.82. The maximum atomic E-state index is 13.0. The molecule has 0 saturated carbocycles. The summed E-state index contributed by atoms with van der Waals surface area (Å²) in [5.41, 5.74) is 5.21. The molecule has 0 bridgehead atoms. The zero-order valence-corrected chi connectivity index (χ0v) is 20.1. The van der Waals surface area contributed by atoms with Gasteiger partial charge in [-0.1, -0.05) is 18.2 Å². The molecule has 0 unspecified atom stereocenters. The van der Waals surface area contributed by atoms with Crippen LogP contribution in [0.5, 0.6) is 0 Å². The molecule has 170 valence electrons. The Balaban J connectivity index is 1.57. The van der Waals surface area contributed by atoms with Crippen LogP contribution in [0.15, 0.2) is 69.4 Å². The molecular weight excluding hydrogens is 442 g/mol. The van der Waals surface area contributed by atoms with Crippen molar-refractivity contribution in [2.75, 3.05) is 18.0 Å². The number of para-hydroxylation sites is 1. The molecule has 4 aromatic rings. The molecule has 2 aromatic carbocycles. The van der Waals surface area contributed by atoms with E-state index in [1.807, 2.05) is 48.5 Å². The number of thiazole rings is 1. The average molecular weight is 468 g/mol. The number of aromatic nitrogens is 1. The molecule has 5 nitrogen and oxygen atoms in total. The summed E-state index contributed by atoms with van der Waals surface area (Å²) in [6.07, 6.45) is 4.43. The van der Waals surface area contributed by atoms with E-state index in [2.05, 4.69) is 35.9 Å². The lowest BCUT2D eigenvalue weighted by atomic mass is 9.89. The topological polar surface area (TPSA) is 70.1 Å². The number of rotatable bonds is 5. The first kappa shape index (κ1) is 22.1.